The van der Waals surface area contributed by atoms with Crippen molar-refractivity contribution < 1.29 is 36.3 Å². The summed E-state index contributed by atoms with van der Waals surface area (Å²) in [6.07, 6.45) is -7.84. The number of carbonyl (C=O) groups is 3. The Morgan fingerprint density at radius 1 is 0.976 bits per heavy atom. The number of carbonyl (C=O) groups excluding carboxylic acids is 3. The first kappa shape index (κ1) is 30.4. The average molecular weight is 587 g/mol. The van der Waals surface area contributed by atoms with Gasteiger partial charge in [-0.3, -0.25) is 14.4 Å². The van der Waals surface area contributed by atoms with Crippen molar-refractivity contribution in [3.63, 3.8) is 0 Å². The fourth-order valence-electron chi connectivity index (χ4n) is 4.53. The molecule has 1 aliphatic heterocycles. The van der Waals surface area contributed by atoms with E-state index in [1.54, 1.807) is 54.6 Å². The van der Waals surface area contributed by atoms with Crippen LogP contribution >= 0.6 is 0 Å². The zero-order valence-corrected chi connectivity index (χ0v) is 22.4. The lowest BCUT2D eigenvalue weighted by atomic mass is 10.00. The second-order valence-electron chi connectivity index (χ2n) is 9.72. The number of rotatable bonds is 9. The number of aliphatic imine (C=N–C) groups is 1. The first-order valence-electron chi connectivity index (χ1n) is 13.1. The molecule has 220 valence electrons. The molecule has 0 fully saturated rings. The number of fused-ring (bicyclic) bond motifs is 1. The van der Waals surface area contributed by atoms with E-state index in [4.69, 9.17) is 0 Å². The maximum absolute atomic E-state index is 13.7. The maximum atomic E-state index is 13.7. The van der Waals surface area contributed by atoms with Gasteiger partial charge in [-0.05, 0) is 37.1 Å². The Balaban J connectivity index is 1.58. The molecule has 7 nitrogen and oxygen atoms in total. The summed E-state index contributed by atoms with van der Waals surface area (Å²) >= 11 is 0. The molecule has 0 aliphatic carbocycles. The van der Waals surface area contributed by atoms with Crippen molar-refractivity contribution in [1.82, 2.24) is 10.6 Å². The van der Waals surface area contributed by atoms with Crippen LogP contribution in [0.3, 0.4) is 0 Å². The van der Waals surface area contributed by atoms with E-state index in [1.165, 1.54) is 11.8 Å². The summed E-state index contributed by atoms with van der Waals surface area (Å²) in [6, 6.07) is 16.9. The molecule has 2 N–H and O–H groups in total. The molecule has 12 heteroatoms. The number of nitrogens with zero attached hydrogens (tertiary/aromatic N) is 2. The minimum atomic E-state index is -4.42. The van der Waals surface area contributed by atoms with Gasteiger partial charge in [0.05, 0.1) is 17.8 Å². The second-order valence-corrected chi connectivity index (χ2v) is 9.72. The number of alkyl halides is 3. The third-order valence-corrected chi connectivity index (χ3v) is 6.43. The van der Waals surface area contributed by atoms with Crippen LogP contribution in [0.15, 0.2) is 77.8 Å². The summed E-state index contributed by atoms with van der Waals surface area (Å²) in [5.74, 6) is -3.97. The predicted molar refractivity (Wildman–Crippen MR) is 146 cm³/mol. The van der Waals surface area contributed by atoms with Crippen molar-refractivity contribution in [2.45, 2.75) is 44.6 Å². The van der Waals surface area contributed by atoms with E-state index in [0.717, 1.165) is 12.1 Å². The van der Waals surface area contributed by atoms with Gasteiger partial charge in [0.2, 0.25) is 18.0 Å². The Morgan fingerprint density at radius 2 is 1.62 bits per heavy atom. The molecule has 0 radical (unpaired) electrons. The molecular formula is C30H27F5N4O3. The zero-order chi connectivity index (χ0) is 30.4. The normalized spacial score (nSPS) is 15.8. The van der Waals surface area contributed by atoms with Crippen LogP contribution in [0, 0.1) is 11.6 Å². The molecule has 2 atom stereocenters. The van der Waals surface area contributed by atoms with E-state index < -0.39 is 60.6 Å². The molecule has 3 amide bonds. The van der Waals surface area contributed by atoms with E-state index in [1.807, 2.05) is 0 Å². The second kappa shape index (κ2) is 12.9. The Morgan fingerprint density at radius 3 is 2.29 bits per heavy atom. The highest BCUT2D eigenvalue weighted by Gasteiger charge is 2.35. The highest BCUT2D eigenvalue weighted by Crippen LogP contribution is 2.30. The Hall–Kier alpha value is -4.61. The molecule has 1 aliphatic rings. The van der Waals surface area contributed by atoms with Crippen LogP contribution in [0.4, 0.5) is 27.6 Å². The number of amides is 3. The molecule has 3 aromatic carbocycles. The van der Waals surface area contributed by atoms with Gasteiger partial charge in [-0.2, -0.15) is 13.2 Å². The topological polar surface area (TPSA) is 90.9 Å². The number of hydrogen-bond acceptors (Lipinski definition) is 4. The summed E-state index contributed by atoms with van der Waals surface area (Å²) < 4.78 is 65.8. The highest BCUT2D eigenvalue weighted by molar-refractivity contribution is 6.20. The molecule has 3 aromatic rings. The van der Waals surface area contributed by atoms with Crippen LogP contribution < -0.4 is 15.5 Å². The molecule has 4 rings (SSSR count). The lowest BCUT2D eigenvalue weighted by molar-refractivity contribution is -0.135. The summed E-state index contributed by atoms with van der Waals surface area (Å²) in [4.78, 5) is 45.0. The quantitative estimate of drug-likeness (QED) is 0.357. The van der Waals surface area contributed by atoms with Crippen molar-refractivity contribution in [1.29, 1.82) is 0 Å². The van der Waals surface area contributed by atoms with Crippen LogP contribution in [0.25, 0.3) is 0 Å². The van der Waals surface area contributed by atoms with Gasteiger partial charge in [-0.1, -0.05) is 48.5 Å². The third kappa shape index (κ3) is 7.77. The number of hydrogen-bond donors (Lipinski definition) is 2. The fraction of sp³-hybridized carbons (Fsp3) is 0.267. The lowest BCUT2D eigenvalue weighted by Gasteiger charge is -2.26. The summed E-state index contributed by atoms with van der Waals surface area (Å²) in [6.45, 7) is 1.06. The number of para-hydroxylation sites is 1. The average Bonchev–Trinajstić information content (AvgIpc) is 3.02. The number of nitrogens with one attached hydrogen (secondary N) is 2. The Kier molecular flexibility index (Phi) is 9.34. The van der Waals surface area contributed by atoms with Crippen molar-refractivity contribution in [2.24, 2.45) is 4.99 Å². The van der Waals surface area contributed by atoms with Gasteiger partial charge in [0.1, 0.15) is 17.7 Å². The lowest BCUT2D eigenvalue weighted by Crippen LogP contribution is -2.53. The molecule has 0 saturated carbocycles. The predicted octanol–water partition coefficient (Wildman–Crippen LogP) is 4.68. The molecular weight excluding hydrogens is 559 g/mol. The van der Waals surface area contributed by atoms with Crippen molar-refractivity contribution in [2.75, 3.05) is 11.4 Å². The standard InChI is InChI=1S/C30H27F5N4O3/c1-18(36-25(40)16-19-14-21(31)17-22(32)15-19)28(41)38-27-29(42)39(13-7-12-30(33,34)35)24-11-6-5-10-23(24)26(37-27)20-8-3-2-4-9-20/h2-6,8-11,14-15,17-18,27H,7,12-13,16H2,1H3,(H,36,40)(H,38,41)/t18-,27?/m0/s1. The smallest absolute Gasteiger partial charge is 0.344 e. The molecule has 0 saturated heterocycles. The molecule has 42 heavy (non-hydrogen) atoms. The molecule has 1 heterocycles. The van der Waals surface area contributed by atoms with E-state index >= 15 is 0 Å². The van der Waals surface area contributed by atoms with Gasteiger partial charge >= 0.3 is 6.18 Å². The van der Waals surface area contributed by atoms with Crippen LogP contribution in [-0.4, -0.2) is 48.4 Å². The Labute approximate surface area is 238 Å². The van der Waals surface area contributed by atoms with Crippen LogP contribution in [0.2, 0.25) is 0 Å². The molecule has 0 aromatic heterocycles. The first-order chi connectivity index (χ1) is 19.9. The summed E-state index contributed by atoms with van der Waals surface area (Å²) in [5, 5.41) is 4.91. The molecule has 0 bridgehead atoms. The monoisotopic (exact) mass is 586 g/mol. The molecule has 0 spiro atoms. The van der Waals surface area contributed by atoms with Gasteiger partial charge in [0.25, 0.3) is 5.91 Å². The fourth-order valence-corrected chi connectivity index (χ4v) is 4.53. The van der Waals surface area contributed by atoms with Gasteiger partial charge in [-0.25, -0.2) is 13.8 Å². The maximum Gasteiger partial charge on any atom is 0.389 e. The van der Waals surface area contributed by atoms with Crippen molar-refractivity contribution in [3.05, 3.63) is 101 Å². The number of halogens is 5. The van der Waals surface area contributed by atoms with Gasteiger partial charge in [0.15, 0.2) is 0 Å². The molecule has 1 unspecified atom stereocenters. The zero-order valence-electron chi connectivity index (χ0n) is 22.4. The van der Waals surface area contributed by atoms with Crippen molar-refractivity contribution >= 4 is 29.1 Å². The van der Waals surface area contributed by atoms with Gasteiger partial charge < -0.3 is 15.5 Å². The first-order valence-corrected chi connectivity index (χ1v) is 13.1. The van der Waals surface area contributed by atoms with E-state index in [2.05, 4.69) is 15.6 Å². The van der Waals surface area contributed by atoms with Gasteiger partial charge in [0, 0.05) is 30.2 Å². The van der Waals surface area contributed by atoms with E-state index in [-0.39, 0.29) is 18.5 Å². The van der Waals surface area contributed by atoms with Crippen LogP contribution in [0.5, 0.6) is 0 Å². The SMILES string of the molecule is C[C@H](NC(=O)Cc1cc(F)cc(F)c1)C(=O)NC1N=C(c2ccccc2)c2ccccc2N(CCCC(F)(F)F)C1=O. The van der Waals surface area contributed by atoms with E-state index in [9.17, 15) is 36.3 Å². The number of benzodiazepines with no additional fused rings is 1. The highest BCUT2D eigenvalue weighted by atomic mass is 19.4. The number of benzene rings is 3. The van der Waals surface area contributed by atoms with Crippen LogP contribution in [-0.2, 0) is 20.8 Å². The minimum Gasteiger partial charge on any atom is -0.344 e. The third-order valence-electron chi connectivity index (χ3n) is 6.43. The number of anilines is 1. The summed E-state index contributed by atoms with van der Waals surface area (Å²) in [7, 11) is 0. The van der Waals surface area contributed by atoms with Gasteiger partial charge in [-0.15, -0.1) is 0 Å². The largest absolute Gasteiger partial charge is 0.389 e. The van der Waals surface area contributed by atoms with E-state index in [0.29, 0.717) is 28.6 Å². The van der Waals surface area contributed by atoms with Crippen LogP contribution in [0.1, 0.15) is 36.5 Å². The Bertz CT molecular complexity index is 1470. The summed E-state index contributed by atoms with van der Waals surface area (Å²) in [5.41, 5.74) is 1.84. The van der Waals surface area contributed by atoms with Crippen molar-refractivity contribution in [3.8, 4) is 0 Å². The minimum absolute atomic E-state index is 0.0564.